The second kappa shape index (κ2) is 5.74. The van der Waals surface area contributed by atoms with Gasteiger partial charge < -0.3 is 9.88 Å². The predicted molar refractivity (Wildman–Crippen MR) is 86.4 cm³/mol. The number of hydrogen-bond acceptors (Lipinski definition) is 2. The summed E-state index contributed by atoms with van der Waals surface area (Å²) in [5.41, 5.74) is 5.03. The summed E-state index contributed by atoms with van der Waals surface area (Å²) in [4.78, 5) is 0. The number of benzene rings is 1. The molecule has 0 atom stereocenters. The summed E-state index contributed by atoms with van der Waals surface area (Å²) >= 11 is 0. The van der Waals surface area contributed by atoms with Crippen molar-refractivity contribution < 1.29 is 0 Å². The van der Waals surface area contributed by atoms with E-state index in [-0.39, 0.29) is 0 Å². The molecule has 3 rings (SSSR count). The Kier molecular flexibility index (Phi) is 3.80. The maximum Gasteiger partial charge on any atom is 0.0645 e. The molecular formula is C17H22N4. The number of fused-ring (bicyclic) bond motifs is 1. The minimum atomic E-state index is 0.855. The summed E-state index contributed by atoms with van der Waals surface area (Å²) < 4.78 is 4.31. The summed E-state index contributed by atoms with van der Waals surface area (Å²) in [6.07, 6.45) is 3.15. The molecule has 0 spiro atoms. The maximum absolute atomic E-state index is 4.54. The number of para-hydroxylation sites is 1. The van der Waals surface area contributed by atoms with Gasteiger partial charge in [-0.2, -0.15) is 5.10 Å². The van der Waals surface area contributed by atoms with Crippen molar-refractivity contribution in [3.8, 4) is 0 Å². The average Bonchev–Trinajstić information content (AvgIpc) is 3.05. The van der Waals surface area contributed by atoms with Crippen LogP contribution in [-0.4, -0.2) is 21.4 Å². The fraction of sp³-hybridized carbons (Fsp3) is 0.353. The van der Waals surface area contributed by atoms with E-state index in [1.165, 1.54) is 22.2 Å². The van der Waals surface area contributed by atoms with Gasteiger partial charge in [0.15, 0.2) is 0 Å². The zero-order valence-corrected chi connectivity index (χ0v) is 12.9. The molecule has 2 heterocycles. The molecule has 4 nitrogen and oxygen atoms in total. The highest BCUT2D eigenvalue weighted by atomic mass is 15.3. The standard InChI is InChI=1S/C17H22N4/c1-4-15-10-16(20(3)19-15)12-21-9-8-13-6-5-7-14(11-18-2)17(13)21/h5-10,18H,4,11-12H2,1-3H3. The van der Waals surface area contributed by atoms with Gasteiger partial charge in [-0.1, -0.05) is 25.1 Å². The Bertz CT molecular complexity index is 751. The second-order valence-electron chi connectivity index (χ2n) is 5.43. The van der Waals surface area contributed by atoms with E-state index in [2.05, 4.69) is 58.4 Å². The van der Waals surface area contributed by atoms with Gasteiger partial charge in [0.1, 0.15) is 0 Å². The first-order valence-electron chi connectivity index (χ1n) is 7.46. The number of aryl methyl sites for hydroxylation is 2. The third-order valence-electron chi connectivity index (χ3n) is 3.96. The minimum absolute atomic E-state index is 0.855. The molecule has 0 amide bonds. The molecule has 0 saturated carbocycles. The van der Waals surface area contributed by atoms with E-state index in [1.54, 1.807) is 0 Å². The molecule has 1 aromatic carbocycles. The highest BCUT2D eigenvalue weighted by Crippen LogP contribution is 2.21. The summed E-state index contributed by atoms with van der Waals surface area (Å²) in [6.45, 7) is 3.88. The quantitative estimate of drug-likeness (QED) is 0.781. The smallest absolute Gasteiger partial charge is 0.0645 e. The van der Waals surface area contributed by atoms with E-state index in [0.717, 1.165) is 25.2 Å². The van der Waals surface area contributed by atoms with Crippen LogP contribution in [0.1, 0.15) is 23.9 Å². The highest BCUT2D eigenvalue weighted by Gasteiger charge is 2.09. The summed E-state index contributed by atoms with van der Waals surface area (Å²) in [5.74, 6) is 0. The van der Waals surface area contributed by atoms with Crippen LogP contribution in [0.3, 0.4) is 0 Å². The Balaban J connectivity index is 2.02. The fourth-order valence-electron chi connectivity index (χ4n) is 2.87. The molecule has 0 fully saturated rings. The fourth-order valence-corrected chi connectivity index (χ4v) is 2.87. The molecule has 110 valence electrons. The molecule has 2 aromatic heterocycles. The van der Waals surface area contributed by atoms with Crippen LogP contribution in [0.2, 0.25) is 0 Å². The summed E-state index contributed by atoms with van der Waals surface area (Å²) in [6, 6.07) is 10.9. The third-order valence-corrected chi connectivity index (χ3v) is 3.96. The van der Waals surface area contributed by atoms with Gasteiger partial charge in [-0.3, -0.25) is 4.68 Å². The molecule has 0 aliphatic heterocycles. The van der Waals surface area contributed by atoms with Crippen molar-refractivity contribution in [2.75, 3.05) is 7.05 Å². The average molecular weight is 282 g/mol. The maximum atomic E-state index is 4.54. The molecule has 0 bridgehead atoms. The summed E-state index contributed by atoms with van der Waals surface area (Å²) in [5, 5.41) is 9.08. The van der Waals surface area contributed by atoms with E-state index in [4.69, 9.17) is 0 Å². The van der Waals surface area contributed by atoms with Crippen molar-refractivity contribution in [2.24, 2.45) is 7.05 Å². The van der Waals surface area contributed by atoms with Crippen molar-refractivity contribution in [3.63, 3.8) is 0 Å². The van der Waals surface area contributed by atoms with Gasteiger partial charge in [0.25, 0.3) is 0 Å². The van der Waals surface area contributed by atoms with Crippen molar-refractivity contribution in [1.29, 1.82) is 0 Å². The van der Waals surface area contributed by atoms with Crippen molar-refractivity contribution in [1.82, 2.24) is 19.7 Å². The zero-order chi connectivity index (χ0) is 14.8. The highest BCUT2D eigenvalue weighted by molar-refractivity contribution is 5.83. The van der Waals surface area contributed by atoms with Gasteiger partial charge in [0.05, 0.1) is 23.4 Å². The topological polar surface area (TPSA) is 34.8 Å². The van der Waals surface area contributed by atoms with Crippen LogP contribution in [0.4, 0.5) is 0 Å². The number of hydrogen-bond donors (Lipinski definition) is 1. The molecule has 1 N–H and O–H groups in total. The third kappa shape index (κ3) is 2.59. The molecule has 21 heavy (non-hydrogen) atoms. The molecule has 0 aliphatic carbocycles. The zero-order valence-electron chi connectivity index (χ0n) is 12.9. The van der Waals surface area contributed by atoms with Gasteiger partial charge in [-0.15, -0.1) is 0 Å². The molecule has 0 saturated heterocycles. The predicted octanol–water partition coefficient (Wildman–Crippen LogP) is 2.70. The van der Waals surface area contributed by atoms with Crippen LogP contribution in [0.25, 0.3) is 10.9 Å². The number of aromatic nitrogens is 3. The van der Waals surface area contributed by atoms with Crippen LogP contribution in [0.15, 0.2) is 36.5 Å². The number of rotatable bonds is 5. The first-order valence-corrected chi connectivity index (χ1v) is 7.46. The monoisotopic (exact) mass is 282 g/mol. The van der Waals surface area contributed by atoms with Crippen LogP contribution >= 0.6 is 0 Å². The van der Waals surface area contributed by atoms with Crippen molar-refractivity contribution in [2.45, 2.75) is 26.4 Å². The number of nitrogens with one attached hydrogen (secondary N) is 1. The van der Waals surface area contributed by atoms with Gasteiger partial charge in [-0.25, -0.2) is 0 Å². The first kappa shape index (κ1) is 13.9. The lowest BCUT2D eigenvalue weighted by atomic mass is 10.1. The summed E-state index contributed by atoms with van der Waals surface area (Å²) in [7, 11) is 4.01. The van der Waals surface area contributed by atoms with Gasteiger partial charge in [0, 0.05) is 19.8 Å². The Morgan fingerprint density at radius 1 is 1.24 bits per heavy atom. The Morgan fingerprint density at radius 3 is 2.81 bits per heavy atom. The SMILES string of the molecule is CCc1cc(Cn2ccc3cccc(CNC)c32)n(C)n1. The van der Waals surface area contributed by atoms with Gasteiger partial charge >= 0.3 is 0 Å². The Labute approximate surface area is 125 Å². The van der Waals surface area contributed by atoms with Crippen LogP contribution in [-0.2, 0) is 26.6 Å². The van der Waals surface area contributed by atoms with E-state index < -0.39 is 0 Å². The van der Waals surface area contributed by atoms with Gasteiger partial charge in [-0.05, 0) is 36.6 Å². The largest absolute Gasteiger partial charge is 0.341 e. The van der Waals surface area contributed by atoms with Crippen molar-refractivity contribution >= 4 is 10.9 Å². The van der Waals surface area contributed by atoms with Crippen molar-refractivity contribution in [3.05, 3.63) is 53.5 Å². The number of nitrogens with zero attached hydrogens (tertiary/aromatic N) is 3. The van der Waals surface area contributed by atoms with Crippen LogP contribution < -0.4 is 5.32 Å². The van der Waals surface area contributed by atoms with E-state index in [9.17, 15) is 0 Å². The first-order chi connectivity index (χ1) is 10.2. The lowest BCUT2D eigenvalue weighted by Gasteiger charge is -2.10. The molecule has 0 unspecified atom stereocenters. The van der Waals surface area contributed by atoms with E-state index in [0.29, 0.717) is 0 Å². The molecule has 3 aromatic rings. The van der Waals surface area contributed by atoms with Crippen LogP contribution in [0, 0.1) is 0 Å². The molecule has 4 heteroatoms. The lowest BCUT2D eigenvalue weighted by Crippen LogP contribution is -2.09. The molecule has 0 radical (unpaired) electrons. The Hall–Kier alpha value is -2.07. The Morgan fingerprint density at radius 2 is 2.10 bits per heavy atom. The molecule has 0 aliphatic rings. The minimum Gasteiger partial charge on any atom is -0.341 e. The normalized spacial score (nSPS) is 11.4. The second-order valence-corrected chi connectivity index (χ2v) is 5.43. The van der Waals surface area contributed by atoms with E-state index in [1.807, 2.05) is 18.8 Å². The lowest BCUT2D eigenvalue weighted by molar-refractivity contribution is 0.668. The van der Waals surface area contributed by atoms with Gasteiger partial charge in [0.2, 0.25) is 0 Å². The molecular weight excluding hydrogens is 260 g/mol. The van der Waals surface area contributed by atoms with Crippen LogP contribution in [0.5, 0.6) is 0 Å². The van der Waals surface area contributed by atoms with E-state index >= 15 is 0 Å².